The molecule has 1 N–H and O–H groups in total. The molecule has 0 unspecified atom stereocenters. The summed E-state index contributed by atoms with van der Waals surface area (Å²) in [6.07, 6.45) is 1.88. The number of hydrogen-bond donors (Lipinski definition) is 1. The van der Waals surface area contributed by atoms with Gasteiger partial charge in [0.15, 0.2) is 5.16 Å². The van der Waals surface area contributed by atoms with Gasteiger partial charge < -0.3 is 9.88 Å². The van der Waals surface area contributed by atoms with Crippen LogP contribution in [0.15, 0.2) is 94.7 Å². The zero-order chi connectivity index (χ0) is 21.6. The summed E-state index contributed by atoms with van der Waals surface area (Å²) in [6.45, 7) is 2.71. The molecule has 0 saturated heterocycles. The van der Waals surface area contributed by atoms with Crippen molar-refractivity contribution in [2.45, 2.75) is 18.6 Å². The SMILES string of the molecule is Cc1ccc(NC(=O)CSc2ncc(-c3ccc(Br)cc3)n2Cc2ccccc2)cc1. The van der Waals surface area contributed by atoms with Gasteiger partial charge in [-0.2, -0.15) is 0 Å². The molecule has 6 heteroatoms. The Bertz CT molecular complexity index is 1160. The first-order valence-corrected chi connectivity index (χ1v) is 11.7. The number of benzene rings is 3. The number of anilines is 1. The average Bonchev–Trinajstić information content (AvgIpc) is 3.17. The van der Waals surface area contributed by atoms with Crippen LogP contribution in [0.2, 0.25) is 0 Å². The highest BCUT2D eigenvalue weighted by atomic mass is 79.9. The maximum absolute atomic E-state index is 12.5. The average molecular weight is 492 g/mol. The lowest BCUT2D eigenvalue weighted by atomic mass is 10.1. The minimum atomic E-state index is -0.0479. The molecule has 0 fully saturated rings. The summed E-state index contributed by atoms with van der Waals surface area (Å²) < 4.78 is 3.20. The Labute approximate surface area is 194 Å². The van der Waals surface area contributed by atoms with E-state index in [2.05, 4.69) is 55.1 Å². The molecule has 0 aliphatic heterocycles. The van der Waals surface area contributed by atoms with Gasteiger partial charge in [0.1, 0.15) is 0 Å². The number of rotatable bonds is 7. The minimum Gasteiger partial charge on any atom is -0.325 e. The number of carbonyl (C=O) groups excluding carboxylic acids is 1. The summed E-state index contributed by atoms with van der Waals surface area (Å²) in [5.41, 5.74) is 5.26. The topological polar surface area (TPSA) is 46.9 Å². The summed E-state index contributed by atoms with van der Waals surface area (Å²) in [5, 5.41) is 3.77. The zero-order valence-corrected chi connectivity index (χ0v) is 19.5. The quantitative estimate of drug-likeness (QED) is 0.304. The molecule has 0 spiro atoms. The molecular weight excluding hydrogens is 470 g/mol. The fourth-order valence-corrected chi connectivity index (χ4v) is 4.25. The molecule has 0 atom stereocenters. The molecule has 1 aromatic heterocycles. The summed E-state index contributed by atoms with van der Waals surface area (Å²) >= 11 is 4.94. The molecule has 0 bridgehead atoms. The van der Waals surface area contributed by atoms with Crippen LogP contribution < -0.4 is 5.32 Å². The van der Waals surface area contributed by atoms with Crippen molar-refractivity contribution in [1.82, 2.24) is 9.55 Å². The molecule has 156 valence electrons. The first-order valence-electron chi connectivity index (χ1n) is 9.93. The first kappa shape index (κ1) is 21.4. The van der Waals surface area contributed by atoms with Crippen LogP contribution in [-0.4, -0.2) is 21.2 Å². The molecule has 0 aliphatic rings. The molecule has 0 radical (unpaired) electrons. The number of aromatic nitrogens is 2. The van der Waals surface area contributed by atoms with Crippen molar-refractivity contribution in [2.75, 3.05) is 11.1 Å². The van der Waals surface area contributed by atoms with Crippen molar-refractivity contribution in [1.29, 1.82) is 0 Å². The molecule has 0 saturated carbocycles. The van der Waals surface area contributed by atoms with E-state index < -0.39 is 0 Å². The van der Waals surface area contributed by atoms with Crippen LogP contribution >= 0.6 is 27.7 Å². The zero-order valence-electron chi connectivity index (χ0n) is 17.1. The number of imidazole rings is 1. The number of hydrogen-bond acceptors (Lipinski definition) is 3. The van der Waals surface area contributed by atoms with Crippen LogP contribution in [0.1, 0.15) is 11.1 Å². The second-order valence-corrected chi connectivity index (χ2v) is 9.07. The number of thioether (sulfide) groups is 1. The van der Waals surface area contributed by atoms with Crippen molar-refractivity contribution < 1.29 is 4.79 Å². The van der Waals surface area contributed by atoms with Crippen LogP contribution in [0.25, 0.3) is 11.3 Å². The largest absolute Gasteiger partial charge is 0.325 e. The number of halogens is 1. The third kappa shape index (κ3) is 5.66. The van der Waals surface area contributed by atoms with Crippen molar-refractivity contribution in [3.63, 3.8) is 0 Å². The Balaban J connectivity index is 1.54. The Kier molecular flexibility index (Phi) is 6.89. The highest BCUT2D eigenvalue weighted by molar-refractivity contribution is 9.10. The predicted molar refractivity (Wildman–Crippen MR) is 131 cm³/mol. The first-order chi connectivity index (χ1) is 15.1. The smallest absolute Gasteiger partial charge is 0.234 e. The highest BCUT2D eigenvalue weighted by Gasteiger charge is 2.14. The van der Waals surface area contributed by atoms with E-state index in [9.17, 15) is 4.79 Å². The lowest BCUT2D eigenvalue weighted by Crippen LogP contribution is -2.14. The molecule has 4 aromatic rings. The summed E-state index contributed by atoms with van der Waals surface area (Å²) in [7, 11) is 0. The molecule has 0 aliphatic carbocycles. The number of nitrogens with one attached hydrogen (secondary N) is 1. The second-order valence-electron chi connectivity index (χ2n) is 7.21. The van der Waals surface area contributed by atoms with Crippen molar-refractivity contribution in [3.05, 3.63) is 101 Å². The van der Waals surface area contributed by atoms with Crippen LogP contribution in [0.4, 0.5) is 5.69 Å². The van der Waals surface area contributed by atoms with Crippen molar-refractivity contribution >= 4 is 39.3 Å². The van der Waals surface area contributed by atoms with Gasteiger partial charge in [-0.25, -0.2) is 4.98 Å². The lowest BCUT2D eigenvalue weighted by molar-refractivity contribution is -0.113. The Hall–Kier alpha value is -2.83. The Morgan fingerprint density at radius 2 is 1.71 bits per heavy atom. The fraction of sp³-hybridized carbons (Fsp3) is 0.120. The van der Waals surface area contributed by atoms with Gasteiger partial charge in [-0.1, -0.05) is 87.9 Å². The number of amides is 1. The summed E-state index contributed by atoms with van der Waals surface area (Å²) in [6, 6.07) is 26.3. The summed E-state index contributed by atoms with van der Waals surface area (Å²) in [5.74, 6) is 0.243. The molecule has 3 aromatic carbocycles. The van der Waals surface area contributed by atoms with Crippen LogP contribution in [-0.2, 0) is 11.3 Å². The molecule has 1 heterocycles. The van der Waals surface area contributed by atoms with E-state index in [1.807, 2.05) is 67.7 Å². The molecule has 31 heavy (non-hydrogen) atoms. The highest BCUT2D eigenvalue weighted by Crippen LogP contribution is 2.28. The Morgan fingerprint density at radius 3 is 2.42 bits per heavy atom. The standard InChI is InChI=1S/C25H22BrN3OS/c1-18-7-13-22(14-8-18)28-24(30)17-31-25-27-15-23(20-9-11-21(26)12-10-20)29(25)16-19-5-3-2-4-6-19/h2-15H,16-17H2,1H3,(H,28,30). The van der Waals surface area contributed by atoms with Gasteiger partial charge in [0.2, 0.25) is 5.91 Å². The van der Waals surface area contributed by atoms with Crippen LogP contribution in [0, 0.1) is 6.92 Å². The normalized spacial score (nSPS) is 10.8. The Morgan fingerprint density at radius 1 is 1.00 bits per heavy atom. The summed E-state index contributed by atoms with van der Waals surface area (Å²) in [4.78, 5) is 17.1. The lowest BCUT2D eigenvalue weighted by Gasteiger charge is -2.12. The van der Waals surface area contributed by atoms with E-state index in [0.29, 0.717) is 12.3 Å². The van der Waals surface area contributed by atoms with Gasteiger partial charge in [0, 0.05) is 10.2 Å². The molecule has 1 amide bonds. The van der Waals surface area contributed by atoms with E-state index in [-0.39, 0.29) is 5.91 Å². The van der Waals surface area contributed by atoms with Gasteiger partial charge in [-0.3, -0.25) is 4.79 Å². The molecular formula is C25H22BrN3OS. The van der Waals surface area contributed by atoms with Crippen LogP contribution in [0.5, 0.6) is 0 Å². The second kappa shape index (κ2) is 9.98. The van der Waals surface area contributed by atoms with Gasteiger partial charge >= 0.3 is 0 Å². The van der Waals surface area contributed by atoms with E-state index in [0.717, 1.165) is 32.1 Å². The van der Waals surface area contributed by atoms with E-state index in [4.69, 9.17) is 0 Å². The third-order valence-corrected chi connectivity index (χ3v) is 6.33. The maximum atomic E-state index is 12.5. The minimum absolute atomic E-state index is 0.0479. The van der Waals surface area contributed by atoms with E-state index >= 15 is 0 Å². The molecule has 4 rings (SSSR count). The van der Waals surface area contributed by atoms with Crippen molar-refractivity contribution in [3.8, 4) is 11.3 Å². The number of nitrogens with zero attached hydrogens (tertiary/aromatic N) is 2. The number of aryl methyl sites for hydroxylation is 1. The van der Waals surface area contributed by atoms with Gasteiger partial charge in [0.05, 0.1) is 24.2 Å². The third-order valence-electron chi connectivity index (χ3n) is 4.81. The maximum Gasteiger partial charge on any atom is 0.234 e. The van der Waals surface area contributed by atoms with Crippen LogP contribution in [0.3, 0.4) is 0 Å². The molecule has 4 nitrogen and oxygen atoms in total. The van der Waals surface area contributed by atoms with Gasteiger partial charge in [-0.15, -0.1) is 0 Å². The van der Waals surface area contributed by atoms with E-state index in [1.165, 1.54) is 17.3 Å². The predicted octanol–water partition coefficient (Wildman–Crippen LogP) is 6.40. The van der Waals surface area contributed by atoms with Crippen molar-refractivity contribution in [2.24, 2.45) is 0 Å². The number of carbonyl (C=O) groups is 1. The van der Waals surface area contributed by atoms with Gasteiger partial charge in [0.25, 0.3) is 0 Å². The van der Waals surface area contributed by atoms with Gasteiger partial charge in [-0.05, 0) is 42.3 Å². The van der Waals surface area contributed by atoms with E-state index in [1.54, 1.807) is 0 Å². The monoisotopic (exact) mass is 491 g/mol. The fourth-order valence-electron chi connectivity index (χ4n) is 3.21.